The Morgan fingerprint density at radius 1 is 0.750 bits per heavy atom. The van der Waals surface area contributed by atoms with Gasteiger partial charge in [-0.2, -0.15) is 0 Å². The fourth-order valence-corrected chi connectivity index (χ4v) is 1.94. The Bertz CT molecular complexity index is 453. The van der Waals surface area contributed by atoms with Crippen LogP contribution in [0, 0.1) is 23.7 Å². The topological polar surface area (TPSA) is 20.2 Å². The van der Waals surface area contributed by atoms with Crippen LogP contribution in [0.25, 0.3) is 0 Å². The van der Waals surface area contributed by atoms with Gasteiger partial charge in [0.15, 0.2) is 0 Å². The van der Waals surface area contributed by atoms with E-state index in [2.05, 4.69) is 23.7 Å². The normalized spacial score (nSPS) is 9.25. The second-order valence-corrected chi connectivity index (χ2v) is 4.87. The Hall–Kier alpha value is -1.70. The maximum absolute atomic E-state index is 8.66. The molecule has 0 spiro atoms. The van der Waals surface area contributed by atoms with Crippen molar-refractivity contribution in [1.82, 2.24) is 0 Å². The molecule has 0 atom stereocenters. The van der Waals surface area contributed by atoms with Gasteiger partial charge in [0.1, 0.15) is 0 Å². The first-order valence-corrected chi connectivity index (χ1v) is 7.58. The fraction of sp³-hybridized carbons (Fsp3) is 0.474. The first-order chi connectivity index (χ1) is 9.93. The van der Waals surface area contributed by atoms with Crippen molar-refractivity contribution < 1.29 is 5.11 Å². The lowest BCUT2D eigenvalue weighted by Gasteiger charge is -1.98. The van der Waals surface area contributed by atoms with E-state index in [1.54, 1.807) is 0 Å². The maximum atomic E-state index is 8.66. The minimum atomic E-state index is 0.333. The molecule has 20 heavy (non-hydrogen) atoms. The molecule has 0 amide bonds. The average Bonchev–Trinajstić information content (AvgIpc) is 2.49. The number of aliphatic hydroxyl groups is 1. The molecule has 0 aliphatic heterocycles. The number of aliphatic hydroxyl groups excluding tert-OH is 1. The van der Waals surface area contributed by atoms with Crippen molar-refractivity contribution >= 4 is 0 Å². The molecule has 1 nitrogen and oxygen atoms in total. The zero-order valence-corrected chi connectivity index (χ0v) is 12.2. The molecule has 0 radical (unpaired) electrons. The van der Waals surface area contributed by atoms with E-state index in [9.17, 15) is 0 Å². The molecule has 0 bridgehead atoms. The summed E-state index contributed by atoms with van der Waals surface area (Å²) in [5.41, 5.74) is 1.02. The third-order valence-corrected chi connectivity index (χ3v) is 3.09. The lowest BCUT2D eigenvalue weighted by molar-refractivity contribution is 0.282. The van der Waals surface area contributed by atoms with Crippen LogP contribution >= 0.6 is 0 Å². The van der Waals surface area contributed by atoms with Crippen molar-refractivity contribution in [1.29, 1.82) is 0 Å². The van der Waals surface area contributed by atoms with Crippen molar-refractivity contribution in [2.45, 2.75) is 51.4 Å². The average molecular weight is 268 g/mol. The van der Waals surface area contributed by atoms with Gasteiger partial charge >= 0.3 is 0 Å². The number of hydrogen-bond donors (Lipinski definition) is 1. The van der Waals surface area contributed by atoms with E-state index < -0.39 is 0 Å². The van der Waals surface area contributed by atoms with Crippen molar-refractivity contribution in [3.8, 4) is 23.7 Å². The molecule has 1 aromatic carbocycles. The van der Waals surface area contributed by atoms with Crippen LogP contribution in [0.5, 0.6) is 0 Å². The third kappa shape index (κ3) is 9.26. The van der Waals surface area contributed by atoms with Crippen LogP contribution in [0.4, 0.5) is 0 Å². The van der Waals surface area contributed by atoms with Crippen LogP contribution < -0.4 is 0 Å². The zero-order chi connectivity index (χ0) is 14.3. The molecular weight excluding hydrogens is 244 g/mol. The zero-order valence-electron chi connectivity index (χ0n) is 12.2. The van der Waals surface area contributed by atoms with Crippen molar-refractivity contribution in [2.24, 2.45) is 0 Å². The van der Waals surface area contributed by atoms with Gasteiger partial charge in [0.05, 0.1) is 0 Å². The fourth-order valence-electron chi connectivity index (χ4n) is 1.94. The summed E-state index contributed by atoms with van der Waals surface area (Å²) in [5, 5.41) is 8.66. The Kier molecular flexibility index (Phi) is 10.1. The SMILES string of the molecule is OCCCCCCCCCC#CC#Cc1ccccc1. The van der Waals surface area contributed by atoms with E-state index in [0.29, 0.717) is 6.61 Å². The summed E-state index contributed by atoms with van der Waals surface area (Å²) in [7, 11) is 0. The van der Waals surface area contributed by atoms with Gasteiger partial charge in [-0.05, 0) is 36.8 Å². The molecule has 0 unspecified atom stereocenters. The Balaban J connectivity index is 2.00. The Morgan fingerprint density at radius 2 is 1.40 bits per heavy atom. The summed E-state index contributed by atoms with van der Waals surface area (Å²) in [6.45, 7) is 0.333. The molecule has 1 N–H and O–H groups in total. The molecule has 0 aliphatic carbocycles. The summed E-state index contributed by atoms with van der Waals surface area (Å²) >= 11 is 0. The van der Waals surface area contributed by atoms with Gasteiger partial charge < -0.3 is 5.11 Å². The van der Waals surface area contributed by atoms with E-state index in [1.165, 1.54) is 32.1 Å². The number of hydrogen-bond acceptors (Lipinski definition) is 1. The third-order valence-electron chi connectivity index (χ3n) is 3.09. The van der Waals surface area contributed by atoms with Crippen molar-refractivity contribution in [2.75, 3.05) is 6.61 Å². The second kappa shape index (κ2) is 12.3. The van der Waals surface area contributed by atoms with Gasteiger partial charge in [0.2, 0.25) is 0 Å². The lowest BCUT2D eigenvalue weighted by Crippen LogP contribution is -1.83. The van der Waals surface area contributed by atoms with Crippen LogP contribution in [-0.2, 0) is 0 Å². The first kappa shape index (κ1) is 16.4. The van der Waals surface area contributed by atoms with E-state index >= 15 is 0 Å². The molecular formula is C19H24O. The predicted molar refractivity (Wildman–Crippen MR) is 85.1 cm³/mol. The molecule has 1 rings (SSSR count). The van der Waals surface area contributed by atoms with E-state index in [1.807, 2.05) is 30.3 Å². The molecule has 0 aromatic heterocycles. The molecule has 0 heterocycles. The second-order valence-electron chi connectivity index (χ2n) is 4.87. The van der Waals surface area contributed by atoms with Gasteiger partial charge in [-0.15, -0.1) is 0 Å². The predicted octanol–water partition coefficient (Wildman–Crippen LogP) is 4.15. The van der Waals surface area contributed by atoms with Crippen LogP contribution in [0.3, 0.4) is 0 Å². The van der Waals surface area contributed by atoms with Gasteiger partial charge in [-0.3, -0.25) is 0 Å². The molecule has 1 heteroatoms. The smallest absolute Gasteiger partial charge is 0.0431 e. The Morgan fingerprint density at radius 3 is 2.10 bits per heavy atom. The van der Waals surface area contributed by atoms with Crippen LogP contribution in [0.1, 0.15) is 56.9 Å². The number of rotatable bonds is 8. The summed E-state index contributed by atoms with van der Waals surface area (Å²) in [6.07, 6.45) is 9.27. The minimum absolute atomic E-state index is 0.333. The minimum Gasteiger partial charge on any atom is -0.396 e. The Labute approximate surface area is 123 Å². The van der Waals surface area contributed by atoms with E-state index in [-0.39, 0.29) is 0 Å². The van der Waals surface area contributed by atoms with Crippen LogP contribution in [-0.4, -0.2) is 11.7 Å². The lowest BCUT2D eigenvalue weighted by atomic mass is 10.1. The van der Waals surface area contributed by atoms with Gasteiger partial charge in [0.25, 0.3) is 0 Å². The van der Waals surface area contributed by atoms with Crippen molar-refractivity contribution in [3.63, 3.8) is 0 Å². The van der Waals surface area contributed by atoms with Crippen LogP contribution in [0.2, 0.25) is 0 Å². The highest BCUT2D eigenvalue weighted by Crippen LogP contribution is 2.07. The highest BCUT2D eigenvalue weighted by molar-refractivity contribution is 5.39. The molecule has 0 fully saturated rings. The van der Waals surface area contributed by atoms with E-state index in [0.717, 1.165) is 24.8 Å². The highest BCUT2D eigenvalue weighted by Gasteiger charge is 1.90. The van der Waals surface area contributed by atoms with Gasteiger partial charge in [0, 0.05) is 18.6 Å². The molecule has 1 aromatic rings. The standard InChI is InChI=1S/C19H24O/c20-18-14-9-7-5-3-1-2-4-6-8-11-15-19-16-12-10-13-17-19/h10,12-13,16-17,20H,1-5,7,9,14,18H2. The van der Waals surface area contributed by atoms with Gasteiger partial charge in [-0.25, -0.2) is 0 Å². The van der Waals surface area contributed by atoms with Gasteiger partial charge in [-0.1, -0.05) is 62.1 Å². The first-order valence-electron chi connectivity index (χ1n) is 7.58. The largest absolute Gasteiger partial charge is 0.396 e. The number of benzene rings is 1. The quantitative estimate of drug-likeness (QED) is 0.554. The van der Waals surface area contributed by atoms with Crippen LogP contribution in [0.15, 0.2) is 30.3 Å². The summed E-state index contributed by atoms with van der Waals surface area (Å²) in [5.74, 6) is 11.9. The number of unbranched alkanes of at least 4 members (excludes halogenated alkanes) is 7. The molecule has 0 aliphatic rings. The summed E-state index contributed by atoms with van der Waals surface area (Å²) in [6, 6.07) is 9.94. The maximum Gasteiger partial charge on any atom is 0.0431 e. The summed E-state index contributed by atoms with van der Waals surface area (Å²) in [4.78, 5) is 0. The monoisotopic (exact) mass is 268 g/mol. The molecule has 0 saturated heterocycles. The molecule has 0 saturated carbocycles. The summed E-state index contributed by atoms with van der Waals surface area (Å²) < 4.78 is 0. The molecule has 106 valence electrons. The highest BCUT2D eigenvalue weighted by atomic mass is 16.2. The van der Waals surface area contributed by atoms with E-state index in [4.69, 9.17) is 5.11 Å². The van der Waals surface area contributed by atoms with Crippen molar-refractivity contribution in [3.05, 3.63) is 35.9 Å².